The Morgan fingerprint density at radius 1 is 1.02 bits per heavy atom. The van der Waals surface area contributed by atoms with Gasteiger partial charge in [-0.05, 0) is 36.4 Å². The first-order valence-electron chi connectivity index (χ1n) is 13.4. The number of benzodiazepines with no additional fused rings is 1. The molecule has 1 atom stereocenters. The molecule has 0 radical (unpaired) electrons. The summed E-state index contributed by atoms with van der Waals surface area (Å²) >= 11 is 0. The molecule has 2 heterocycles. The van der Waals surface area contributed by atoms with Crippen LogP contribution in [0.1, 0.15) is 5.56 Å². The van der Waals surface area contributed by atoms with Gasteiger partial charge in [-0.25, -0.2) is 4.79 Å². The number of nitrogens with zero attached hydrogens (tertiary/aromatic N) is 4. The number of aliphatic imine (C=N–C) groups is 1. The number of rotatable bonds is 7. The summed E-state index contributed by atoms with van der Waals surface area (Å²) in [5, 5.41) is 5.42. The van der Waals surface area contributed by atoms with Crippen molar-refractivity contribution in [2.75, 3.05) is 67.3 Å². The van der Waals surface area contributed by atoms with Crippen molar-refractivity contribution in [3.05, 3.63) is 84.4 Å². The fourth-order valence-electron chi connectivity index (χ4n) is 4.80. The third-order valence-electron chi connectivity index (χ3n) is 6.99. The van der Waals surface area contributed by atoms with E-state index in [1.54, 1.807) is 37.4 Å². The summed E-state index contributed by atoms with van der Waals surface area (Å²) in [5.74, 6) is -0.814. The van der Waals surface area contributed by atoms with Gasteiger partial charge in [0.25, 0.3) is 5.91 Å². The number of para-hydroxylation sites is 2. The van der Waals surface area contributed by atoms with Crippen molar-refractivity contribution in [1.29, 1.82) is 0 Å². The minimum Gasteiger partial charge on any atom is -0.399 e. The van der Waals surface area contributed by atoms with E-state index in [1.807, 2.05) is 48.5 Å². The molecule has 0 aromatic heterocycles. The van der Waals surface area contributed by atoms with Crippen LogP contribution in [0.5, 0.6) is 0 Å². The molecule has 4 N–H and O–H groups in total. The molecule has 0 spiro atoms. The van der Waals surface area contributed by atoms with Crippen LogP contribution < -0.4 is 26.2 Å². The van der Waals surface area contributed by atoms with Gasteiger partial charge < -0.3 is 26.0 Å². The molecule has 5 rings (SSSR count). The van der Waals surface area contributed by atoms with E-state index in [9.17, 15) is 14.4 Å². The van der Waals surface area contributed by atoms with Crippen molar-refractivity contribution in [2.24, 2.45) is 4.99 Å². The number of ether oxygens (including phenoxy) is 1. The minimum absolute atomic E-state index is 0.239. The number of likely N-dealkylation sites (N-methyl/N-ethyl adjacent to an activating group) is 1. The summed E-state index contributed by atoms with van der Waals surface area (Å²) in [4.78, 5) is 50.4. The summed E-state index contributed by atoms with van der Waals surface area (Å²) in [6.45, 7) is 2.85. The Morgan fingerprint density at radius 3 is 2.51 bits per heavy atom. The number of morpholine rings is 1. The van der Waals surface area contributed by atoms with Crippen molar-refractivity contribution in [2.45, 2.75) is 6.17 Å². The van der Waals surface area contributed by atoms with Gasteiger partial charge in [-0.15, -0.1) is 0 Å². The SMILES string of the molecule is CN(C(=O)CN1C(=O)C(NC(=O)Nc2cccc(N)c2)N=C(CN2CCOCC2)c2ccccc21)c1ccccc1. The molecule has 1 fully saturated rings. The summed E-state index contributed by atoms with van der Waals surface area (Å²) < 4.78 is 5.50. The van der Waals surface area contributed by atoms with Gasteiger partial charge in [0, 0.05) is 49.3 Å². The first-order valence-corrected chi connectivity index (χ1v) is 13.4. The molecule has 3 aromatic rings. The Kier molecular flexibility index (Phi) is 8.56. The number of nitrogen functional groups attached to an aromatic ring is 1. The second-order valence-electron chi connectivity index (χ2n) is 9.82. The third kappa shape index (κ3) is 6.71. The molecular weight excluding hydrogens is 522 g/mol. The Balaban J connectivity index is 1.46. The van der Waals surface area contributed by atoms with Crippen LogP contribution in [0.15, 0.2) is 83.9 Å². The van der Waals surface area contributed by atoms with Crippen molar-refractivity contribution >= 4 is 46.3 Å². The molecule has 1 saturated heterocycles. The maximum absolute atomic E-state index is 14.0. The van der Waals surface area contributed by atoms with E-state index < -0.39 is 18.1 Å². The topological polar surface area (TPSA) is 133 Å². The molecule has 1 unspecified atom stereocenters. The van der Waals surface area contributed by atoms with Gasteiger partial charge in [0.05, 0.1) is 24.6 Å². The van der Waals surface area contributed by atoms with E-state index in [-0.39, 0.29) is 12.5 Å². The van der Waals surface area contributed by atoms with Gasteiger partial charge in [-0.1, -0.05) is 42.5 Å². The number of carbonyl (C=O) groups excluding carboxylic acids is 3. The summed E-state index contributed by atoms with van der Waals surface area (Å²) in [6, 6.07) is 22.7. The van der Waals surface area contributed by atoms with Crippen LogP contribution in [0.2, 0.25) is 0 Å². The number of hydrogen-bond acceptors (Lipinski definition) is 7. The van der Waals surface area contributed by atoms with E-state index in [0.29, 0.717) is 61.3 Å². The van der Waals surface area contributed by atoms with E-state index in [0.717, 1.165) is 5.56 Å². The van der Waals surface area contributed by atoms with Crippen molar-refractivity contribution < 1.29 is 19.1 Å². The zero-order chi connectivity index (χ0) is 28.8. The van der Waals surface area contributed by atoms with Gasteiger partial charge in [-0.2, -0.15) is 0 Å². The lowest BCUT2D eigenvalue weighted by Gasteiger charge is -2.28. The van der Waals surface area contributed by atoms with E-state index in [2.05, 4.69) is 15.5 Å². The third-order valence-corrected chi connectivity index (χ3v) is 6.99. The molecule has 11 nitrogen and oxygen atoms in total. The fourth-order valence-corrected chi connectivity index (χ4v) is 4.80. The number of carbonyl (C=O) groups is 3. The van der Waals surface area contributed by atoms with Gasteiger partial charge >= 0.3 is 6.03 Å². The predicted octanol–water partition coefficient (Wildman–Crippen LogP) is 2.55. The highest BCUT2D eigenvalue weighted by Crippen LogP contribution is 2.27. The highest BCUT2D eigenvalue weighted by Gasteiger charge is 2.35. The van der Waals surface area contributed by atoms with E-state index in [4.69, 9.17) is 15.5 Å². The van der Waals surface area contributed by atoms with Gasteiger partial charge in [0.2, 0.25) is 12.1 Å². The molecule has 212 valence electrons. The number of benzene rings is 3. The van der Waals surface area contributed by atoms with E-state index in [1.165, 1.54) is 9.80 Å². The second-order valence-corrected chi connectivity index (χ2v) is 9.82. The molecule has 0 aliphatic carbocycles. The maximum Gasteiger partial charge on any atom is 0.321 e. The molecular formula is C30H33N7O4. The van der Waals surface area contributed by atoms with Crippen LogP contribution in [0, 0.1) is 0 Å². The van der Waals surface area contributed by atoms with Crippen LogP contribution in [-0.4, -0.2) is 81.1 Å². The number of nitrogens with two attached hydrogens (primary N) is 1. The van der Waals surface area contributed by atoms with Crippen LogP contribution in [0.4, 0.5) is 27.5 Å². The average molecular weight is 556 g/mol. The number of urea groups is 1. The lowest BCUT2D eigenvalue weighted by atomic mass is 10.1. The molecule has 2 aliphatic heterocycles. The average Bonchev–Trinajstić information content (AvgIpc) is 3.08. The molecule has 11 heteroatoms. The Morgan fingerprint density at radius 2 is 1.76 bits per heavy atom. The van der Waals surface area contributed by atoms with Crippen LogP contribution in [0.3, 0.4) is 0 Å². The standard InChI is InChI=1S/C30H33N7O4/c1-35(23-10-3-2-4-11-23)27(38)20-37-26-13-6-5-12-24(26)25(19-36-14-16-41-17-15-36)33-28(29(37)39)34-30(40)32-22-9-7-8-21(31)18-22/h2-13,18,28H,14-17,19-20,31H2,1H3,(H2,32,34,40). The van der Waals surface area contributed by atoms with Crippen LogP contribution in [-0.2, 0) is 14.3 Å². The second kappa shape index (κ2) is 12.6. The highest BCUT2D eigenvalue weighted by molar-refractivity contribution is 6.16. The van der Waals surface area contributed by atoms with Gasteiger partial charge in [0.1, 0.15) is 6.54 Å². The first-order chi connectivity index (χ1) is 19.9. The quantitative estimate of drug-likeness (QED) is 0.384. The maximum atomic E-state index is 14.0. The van der Waals surface area contributed by atoms with Crippen molar-refractivity contribution in [1.82, 2.24) is 10.2 Å². The summed E-state index contributed by atoms with van der Waals surface area (Å²) in [6.07, 6.45) is -1.27. The Hall–Kier alpha value is -4.74. The van der Waals surface area contributed by atoms with Crippen molar-refractivity contribution in [3.63, 3.8) is 0 Å². The number of nitrogens with one attached hydrogen (secondary N) is 2. The first kappa shape index (κ1) is 27.8. The molecule has 4 amide bonds. The number of amides is 4. The smallest absolute Gasteiger partial charge is 0.321 e. The summed E-state index contributed by atoms with van der Waals surface area (Å²) in [5.41, 5.74) is 9.42. The lowest BCUT2D eigenvalue weighted by molar-refractivity contribution is -0.123. The van der Waals surface area contributed by atoms with Crippen molar-refractivity contribution in [3.8, 4) is 0 Å². The molecule has 3 aromatic carbocycles. The number of hydrogen-bond donors (Lipinski definition) is 3. The van der Waals surface area contributed by atoms with Crippen LogP contribution in [0.25, 0.3) is 0 Å². The lowest BCUT2D eigenvalue weighted by Crippen LogP contribution is -2.51. The Bertz CT molecular complexity index is 1440. The minimum atomic E-state index is -1.27. The molecule has 41 heavy (non-hydrogen) atoms. The monoisotopic (exact) mass is 555 g/mol. The fraction of sp³-hybridized carbons (Fsp3) is 0.267. The van der Waals surface area contributed by atoms with E-state index >= 15 is 0 Å². The largest absolute Gasteiger partial charge is 0.399 e. The number of anilines is 4. The predicted molar refractivity (Wildman–Crippen MR) is 159 cm³/mol. The van der Waals surface area contributed by atoms with Gasteiger partial charge in [0.15, 0.2) is 0 Å². The molecule has 0 saturated carbocycles. The Labute approximate surface area is 238 Å². The normalized spacial score (nSPS) is 17.2. The molecule has 0 bridgehead atoms. The zero-order valence-corrected chi connectivity index (χ0v) is 22.8. The summed E-state index contributed by atoms with van der Waals surface area (Å²) in [7, 11) is 1.67. The zero-order valence-electron chi connectivity index (χ0n) is 22.8. The highest BCUT2D eigenvalue weighted by atomic mass is 16.5. The van der Waals surface area contributed by atoms with Gasteiger partial charge in [-0.3, -0.25) is 24.4 Å². The number of fused-ring (bicyclic) bond motifs is 1. The molecule has 2 aliphatic rings. The van der Waals surface area contributed by atoms with Crippen LogP contribution >= 0.6 is 0 Å².